The number of fused-ring (bicyclic) bond motifs is 1. The lowest BCUT2D eigenvalue weighted by Gasteiger charge is -2.18. The molecule has 2 aromatic carbocycles. The van der Waals surface area contributed by atoms with Gasteiger partial charge >= 0.3 is 11.8 Å². The summed E-state index contributed by atoms with van der Waals surface area (Å²) < 4.78 is 39.5. The number of phenols is 1. The summed E-state index contributed by atoms with van der Waals surface area (Å²) in [5.41, 5.74) is -1.53. The van der Waals surface area contributed by atoms with Crippen LogP contribution >= 0.6 is 0 Å². The number of hydrogen-bond acceptors (Lipinski definition) is 5. The Morgan fingerprint density at radius 1 is 1.22 bits per heavy atom. The number of alkyl halides is 3. The van der Waals surface area contributed by atoms with Crippen LogP contribution in [0.15, 0.2) is 46.6 Å². The predicted molar refractivity (Wildman–Crippen MR) is 86.1 cm³/mol. The van der Waals surface area contributed by atoms with Gasteiger partial charge in [0.1, 0.15) is 5.75 Å². The van der Waals surface area contributed by atoms with Crippen molar-refractivity contribution in [3.63, 3.8) is 0 Å². The summed E-state index contributed by atoms with van der Waals surface area (Å²) in [6.07, 6.45) is -4.21. The molecule has 0 unspecified atom stereocenters. The summed E-state index contributed by atoms with van der Waals surface area (Å²) in [7, 11) is 0. The lowest BCUT2D eigenvalue weighted by Crippen LogP contribution is -2.30. The second kappa shape index (κ2) is 5.63. The molecule has 0 fully saturated rings. The van der Waals surface area contributed by atoms with Gasteiger partial charge in [-0.1, -0.05) is 24.3 Å². The highest BCUT2D eigenvalue weighted by atomic mass is 19.4. The summed E-state index contributed by atoms with van der Waals surface area (Å²) in [6.45, 7) is 0.243. The third kappa shape index (κ3) is 2.57. The van der Waals surface area contributed by atoms with E-state index >= 15 is 0 Å². The summed E-state index contributed by atoms with van der Waals surface area (Å²) in [4.78, 5) is 25.2. The molecule has 0 radical (unpaired) electrons. The maximum Gasteiger partial charge on any atom is 0.442 e. The van der Waals surface area contributed by atoms with Gasteiger partial charge in [-0.25, -0.2) is 0 Å². The van der Waals surface area contributed by atoms with Crippen molar-refractivity contribution in [2.45, 2.75) is 24.9 Å². The number of halogens is 3. The van der Waals surface area contributed by atoms with Crippen molar-refractivity contribution in [3.8, 4) is 5.75 Å². The van der Waals surface area contributed by atoms with Crippen molar-refractivity contribution in [2.75, 3.05) is 0 Å². The van der Waals surface area contributed by atoms with Crippen molar-refractivity contribution >= 4 is 12.2 Å². The van der Waals surface area contributed by atoms with Gasteiger partial charge in [-0.3, -0.25) is 9.59 Å². The van der Waals surface area contributed by atoms with E-state index in [-0.39, 0.29) is 35.5 Å². The minimum atomic E-state index is -4.62. The highest BCUT2D eigenvalue weighted by Crippen LogP contribution is 2.52. The first-order valence-electron chi connectivity index (χ1n) is 7.96. The molecular formula is C18H12F3N3O3. The molecule has 1 amide bonds. The standard InChI is InChI=1S/C18H12F3N3O3/c19-18(20,21)17(22-23-17)12-3-1-2-10(6-12)7-24-8-11-4-5-14(26)13(9-25)15(11)16(24)27/h1-6,9,26H,7-8H2. The van der Waals surface area contributed by atoms with Crippen LogP contribution in [0, 0.1) is 0 Å². The van der Waals surface area contributed by atoms with Gasteiger partial charge in [0.25, 0.3) is 5.91 Å². The number of carbonyl (C=O) groups excluding carboxylic acids is 2. The van der Waals surface area contributed by atoms with Crippen molar-refractivity contribution in [1.29, 1.82) is 0 Å². The largest absolute Gasteiger partial charge is 0.507 e. The van der Waals surface area contributed by atoms with Crippen LogP contribution in [-0.4, -0.2) is 28.4 Å². The van der Waals surface area contributed by atoms with Gasteiger partial charge in [0.15, 0.2) is 6.29 Å². The fourth-order valence-electron chi connectivity index (χ4n) is 3.27. The molecule has 0 bridgehead atoms. The van der Waals surface area contributed by atoms with Crippen molar-refractivity contribution in [1.82, 2.24) is 4.90 Å². The Hall–Kier alpha value is -3.23. The number of aromatic hydroxyl groups is 1. The second-order valence-electron chi connectivity index (χ2n) is 6.38. The van der Waals surface area contributed by atoms with Gasteiger partial charge in [-0.15, -0.1) is 10.2 Å². The molecular weight excluding hydrogens is 363 g/mol. The molecule has 0 saturated heterocycles. The topological polar surface area (TPSA) is 82.3 Å². The molecule has 9 heteroatoms. The number of nitrogens with zero attached hydrogens (tertiary/aromatic N) is 3. The van der Waals surface area contributed by atoms with E-state index < -0.39 is 17.7 Å². The molecule has 0 spiro atoms. The Morgan fingerprint density at radius 2 is 1.96 bits per heavy atom. The van der Waals surface area contributed by atoms with Gasteiger partial charge in [0, 0.05) is 18.7 Å². The number of hydrogen-bond donors (Lipinski definition) is 1. The summed E-state index contributed by atoms with van der Waals surface area (Å²) in [5, 5.41) is 16.1. The van der Waals surface area contributed by atoms with Crippen LogP contribution in [0.25, 0.3) is 0 Å². The van der Waals surface area contributed by atoms with Crippen LogP contribution in [0.4, 0.5) is 13.2 Å². The minimum absolute atomic E-state index is 0.0499. The highest BCUT2D eigenvalue weighted by molar-refractivity contribution is 6.06. The van der Waals surface area contributed by atoms with Crippen molar-refractivity contribution in [3.05, 3.63) is 64.2 Å². The van der Waals surface area contributed by atoms with Crippen LogP contribution in [0.2, 0.25) is 0 Å². The summed E-state index contributed by atoms with van der Waals surface area (Å²) in [5.74, 6) is -0.746. The third-order valence-electron chi connectivity index (χ3n) is 4.69. The number of benzene rings is 2. The first-order valence-corrected chi connectivity index (χ1v) is 7.96. The molecule has 0 aromatic heterocycles. The Morgan fingerprint density at radius 3 is 2.59 bits per heavy atom. The molecule has 2 aliphatic rings. The maximum atomic E-state index is 13.2. The maximum absolute atomic E-state index is 13.2. The average molecular weight is 375 g/mol. The van der Waals surface area contributed by atoms with E-state index in [0.717, 1.165) is 0 Å². The fourth-order valence-corrected chi connectivity index (χ4v) is 3.27. The van der Waals surface area contributed by atoms with Crippen molar-refractivity contribution < 1.29 is 27.9 Å². The minimum Gasteiger partial charge on any atom is -0.507 e. The van der Waals surface area contributed by atoms with E-state index in [2.05, 4.69) is 10.2 Å². The Bertz CT molecular complexity index is 995. The van der Waals surface area contributed by atoms with E-state index in [0.29, 0.717) is 17.4 Å². The molecule has 138 valence electrons. The van der Waals surface area contributed by atoms with Gasteiger partial charge in [-0.05, 0) is 23.3 Å². The van der Waals surface area contributed by atoms with Gasteiger partial charge < -0.3 is 10.0 Å². The first-order chi connectivity index (χ1) is 12.8. The normalized spacial score (nSPS) is 17.1. The molecule has 1 N–H and O–H groups in total. The molecule has 2 aliphatic heterocycles. The number of amides is 1. The van der Waals surface area contributed by atoms with Crippen LogP contribution < -0.4 is 0 Å². The van der Waals surface area contributed by atoms with Crippen LogP contribution in [0.5, 0.6) is 5.75 Å². The molecule has 2 aromatic rings. The van der Waals surface area contributed by atoms with Gasteiger partial charge in [-0.2, -0.15) is 13.2 Å². The third-order valence-corrected chi connectivity index (χ3v) is 4.69. The van der Waals surface area contributed by atoms with Gasteiger partial charge in [0.05, 0.1) is 11.1 Å². The quantitative estimate of drug-likeness (QED) is 0.830. The van der Waals surface area contributed by atoms with E-state index in [9.17, 15) is 27.9 Å². The van der Waals surface area contributed by atoms with E-state index in [4.69, 9.17) is 0 Å². The first kappa shape index (κ1) is 17.2. The number of carbonyl (C=O) groups is 2. The Balaban J connectivity index is 1.61. The molecule has 27 heavy (non-hydrogen) atoms. The summed E-state index contributed by atoms with van der Waals surface area (Å²) in [6, 6.07) is 8.56. The molecule has 0 aliphatic carbocycles. The number of rotatable bonds is 4. The lowest BCUT2D eigenvalue weighted by atomic mass is 10.0. The fraction of sp³-hybridized carbons (Fsp3) is 0.222. The molecule has 2 heterocycles. The number of phenolic OH excluding ortho intramolecular Hbond substituents is 1. The zero-order valence-corrected chi connectivity index (χ0v) is 13.7. The monoisotopic (exact) mass is 375 g/mol. The number of aldehydes is 1. The van der Waals surface area contributed by atoms with Crippen molar-refractivity contribution in [2.24, 2.45) is 10.2 Å². The van der Waals surface area contributed by atoms with E-state index in [1.165, 1.54) is 29.2 Å². The highest BCUT2D eigenvalue weighted by Gasteiger charge is 2.65. The molecule has 0 atom stereocenters. The molecule has 6 nitrogen and oxygen atoms in total. The van der Waals surface area contributed by atoms with Crippen LogP contribution in [0.1, 0.15) is 37.4 Å². The van der Waals surface area contributed by atoms with Gasteiger partial charge in [0.2, 0.25) is 0 Å². The Labute approximate surface area is 150 Å². The SMILES string of the molecule is O=Cc1c(O)ccc2c1C(=O)N(Cc1cccc(C3(C(F)(F)F)N=N3)c1)C2. The molecule has 4 rings (SSSR count). The smallest absolute Gasteiger partial charge is 0.442 e. The summed E-state index contributed by atoms with van der Waals surface area (Å²) >= 11 is 0. The van der Waals surface area contributed by atoms with E-state index in [1.807, 2.05) is 0 Å². The predicted octanol–water partition coefficient (Wildman–Crippen LogP) is 3.54. The molecule has 0 saturated carbocycles. The lowest BCUT2D eigenvalue weighted by molar-refractivity contribution is -0.166. The second-order valence-corrected chi connectivity index (χ2v) is 6.38. The average Bonchev–Trinajstić information content (AvgIpc) is 3.38. The Kier molecular flexibility index (Phi) is 3.59. The van der Waals surface area contributed by atoms with Crippen LogP contribution in [-0.2, 0) is 18.8 Å². The van der Waals surface area contributed by atoms with Crippen LogP contribution in [0.3, 0.4) is 0 Å². The van der Waals surface area contributed by atoms with E-state index in [1.54, 1.807) is 12.1 Å². The zero-order chi connectivity index (χ0) is 19.4. The zero-order valence-electron chi connectivity index (χ0n) is 13.7.